The van der Waals surface area contributed by atoms with Crippen LogP contribution >= 0.6 is 0 Å². The molecule has 7 nitrogen and oxygen atoms in total. The molecule has 0 aromatic carbocycles. The van der Waals surface area contributed by atoms with E-state index in [1.807, 2.05) is 26.8 Å². The highest BCUT2D eigenvalue weighted by Gasteiger charge is 2.13. The number of nitrogens with zero attached hydrogens (tertiary/aromatic N) is 3. The van der Waals surface area contributed by atoms with Crippen LogP contribution in [0.4, 0.5) is 5.82 Å². The van der Waals surface area contributed by atoms with Crippen molar-refractivity contribution in [3.63, 3.8) is 0 Å². The summed E-state index contributed by atoms with van der Waals surface area (Å²) < 4.78 is 1.25. The van der Waals surface area contributed by atoms with Gasteiger partial charge in [0.25, 0.3) is 11.5 Å². The first kappa shape index (κ1) is 18.4. The van der Waals surface area contributed by atoms with E-state index in [9.17, 15) is 14.4 Å². The van der Waals surface area contributed by atoms with Crippen molar-refractivity contribution in [2.45, 2.75) is 27.3 Å². The maximum Gasteiger partial charge on any atom is 0.258 e. The predicted octanol–water partition coefficient (Wildman–Crippen LogP) is 1.67. The Kier molecular flexibility index (Phi) is 6.05. The zero-order valence-electron chi connectivity index (χ0n) is 14.7. The number of hydrogen-bond donors (Lipinski definition) is 1. The van der Waals surface area contributed by atoms with E-state index in [1.165, 1.54) is 22.9 Å². The lowest BCUT2D eigenvalue weighted by atomic mass is 10.2. The predicted molar refractivity (Wildman–Crippen MR) is 95.6 cm³/mol. The average Bonchev–Trinajstić information content (AvgIpc) is 2.60. The van der Waals surface area contributed by atoms with Crippen molar-refractivity contribution < 1.29 is 9.59 Å². The molecule has 1 N–H and O–H groups in total. The summed E-state index contributed by atoms with van der Waals surface area (Å²) in [6.45, 7) is 6.71. The van der Waals surface area contributed by atoms with Gasteiger partial charge in [-0.1, -0.05) is 6.07 Å². The first-order valence-electron chi connectivity index (χ1n) is 8.16. The van der Waals surface area contributed by atoms with Crippen molar-refractivity contribution in [2.24, 2.45) is 0 Å². The highest BCUT2D eigenvalue weighted by atomic mass is 16.2. The van der Waals surface area contributed by atoms with E-state index in [4.69, 9.17) is 0 Å². The molecular weight excluding hydrogens is 320 g/mol. The number of carbonyl (C=O) groups is 2. The van der Waals surface area contributed by atoms with Crippen molar-refractivity contribution in [3.8, 4) is 0 Å². The summed E-state index contributed by atoms with van der Waals surface area (Å²) in [5.41, 5.74) is 0.946. The summed E-state index contributed by atoms with van der Waals surface area (Å²) in [6.07, 6.45) is 3.05. The number of rotatable bonds is 6. The zero-order chi connectivity index (χ0) is 18.4. The lowest BCUT2D eigenvalue weighted by Crippen LogP contribution is -2.36. The Morgan fingerprint density at radius 3 is 2.48 bits per heavy atom. The van der Waals surface area contributed by atoms with Crippen LogP contribution < -0.4 is 10.9 Å². The smallest absolute Gasteiger partial charge is 0.258 e. The highest BCUT2D eigenvalue weighted by molar-refractivity contribution is 6.03. The first-order valence-corrected chi connectivity index (χ1v) is 8.16. The molecule has 0 saturated carbocycles. The third-order valence-electron chi connectivity index (χ3n) is 3.82. The van der Waals surface area contributed by atoms with Gasteiger partial charge in [0.15, 0.2) is 0 Å². The number of anilines is 1. The van der Waals surface area contributed by atoms with E-state index in [2.05, 4.69) is 10.3 Å². The lowest BCUT2D eigenvalue weighted by molar-refractivity contribution is -0.131. The Balaban J connectivity index is 2.17. The number of hydrogen-bond acceptors (Lipinski definition) is 4. The molecule has 0 saturated heterocycles. The van der Waals surface area contributed by atoms with Crippen LogP contribution in [0.25, 0.3) is 0 Å². The number of aryl methyl sites for hydroxylation is 1. The van der Waals surface area contributed by atoms with E-state index >= 15 is 0 Å². The summed E-state index contributed by atoms with van der Waals surface area (Å²) in [7, 11) is 0. The third kappa shape index (κ3) is 4.76. The minimum Gasteiger partial charge on any atom is -0.342 e. The standard InChI is InChI=1S/C18H22N4O3/c1-4-21(5-2)17(24)12-22-11-14(7-9-16(22)23)18(25)20-15-8-6-13(3)10-19-15/h6-11H,4-5,12H2,1-3H3,(H,19,20,25). The molecule has 0 atom stereocenters. The molecule has 0 aliphatic heterocycles. The fraction of sp³-hybridized carbons (Fsp3) is 0.333. The number of carbonyl (C=O) groups excluding carboxylic acids is 2. The second kappa shape index (κ2) is 8.23. The van der Waals surface area contributed by atoms with Gasteiger partial charge in [0.1, 0.15) is 12.4 Å². The van der Waals surface area contributed by atoms with Gasteiger partial charge in [-0.2, -0.15) is 0 Å². The molecule has 0 radical (unpaired) electrons. The molecule has 2 heterocycles. The summed E-state index contributed by atoms with van der Waals surface area (Å²) in [6, 6.07) is 6.26. The van der Waals surface area contributed by atoms with Gasteiger partial charge in [-0.05, 0) is 38.5 Å². The van der Waals surface area contributed by atoms with Crippen LogP contribution in [0.5, 0.6) is 0 Å². The molecule has 2 amide bonds. The molecule has 0 spiro atoms. The number of pyridine rings is 2. The fourth-order valence-corrected chi connectivity index (χ4v) is 2.34. The number of likely N-dealkylation sites (N-methyl/N-ethyl adjacent to an activating group) is 1. The summed E-state index contributed by atoms with van der Waals surface area (Å²) in [5, 5.41) is 2.67. The summed E-state index contributed by atoms with van der Waals surface area (Å²) in [4.78, 5) is 42.2. The summed E-state index contributed by atoms with van der Waals surface area (Å²) in [5.74, 6) is -0.127. The maximum atomic E-state index is 12.3. The lowest BCUT2D eigenvalue weighted by Gasteiger charge is -2.19. The van der Waals surface area contributed by atoms with Crippen LogP contribution in [0, 0.1) is 6.92 Å². The molecule has 25 heavy (non-hydrogen) atoms. The van der Waals surface area contributed by atoms with Gasteiger partial charge in [-0.3, -0.25) is 14.4 Å². The van der Waals surface area contributed by atoms with Crippen LogP contribution in [0.3, 0.4) is 0 Å². The van der Waals surface area contributed by atoms with Crippen molar-refractivity contribution in [2.75, 3.05) is 18.4 Å². The van der Waals surface area contributed by atoms with Gasteiger partial charge in [-0.15, -0.1) is 0 Å². The monoisotopic (exact) mass is 342 g/mol. The van der Waals surface area contributed by atoms with Gasteiger partial charge in [0.05, 0.1) is 5.56 Å². The third-order valence-corrected chi connectivity index (χ3v) is 3.82. The van der Waals surface area contributed by atoms with Gasteiger partial charge >= 0.3 is 0 Å². The minimum absolute atomic E-state index is 0.0928. The summed E-state index contributed by atoms with van der Waals surface area (Å²) >= 11 is 0. The minimum atomic E-state index is -0.389. The molecule has 2 aromatic rings. The molecule has 2 rings (SSSR count). The van der Waals surface area contributed by atoms with Crippen LogP contribution in [0.15, 0.2) is 41.5 Å². The fourth-order valence-electron chi connectivity index (χ4n) is 2.34. The van der Waals surface area contributed by atoms with Gasteiger partial charge in [0.2, 0.25) is 5.91 Å². The van der Waals surface area contributed by atoms with Gasteiger partial charge < -0.3 is 14.8 Å². The van der Waals surface area contributed by atoms with Crippen LogP contribution in [-0.4, -0.2) is 39.4 Å². The Bertz CT molecular complexity index is 808. The van der Waals surface area contributed by atoms with Crippen molar-refractivity contribution in [3.05, 3.63) is 58.1 Å². The molecule has 0 unspecified atom stereocenters. The Hall–Kier alpha value is -2.96. The number of nitrogens with one attached hydrogen (secondary N) is 1. The molecule has 0 fully saturated rings. The van der Waals surface area contributed by atoms with Crippen LogP contribution in [0.1, 0.15) is 29.8 Å². The molecule has 7 heteroatoms. The van der Waals surface area contributed by atoms with Gasteiger partial charge in [-0.25, -0.2) is 4.98 Å². The van der Waals surface area contributed by atoms with E-state index in [-0.39, 0.29) is 29.5 Å². The Morgan fingerprint density at radius 2 is 1.88 bits per heavy atom. The van der Waals surface area contributed by atoms with E-state index in [1.54, 1.807) is 17.2 Å². The molecular formula is C18H22N4O3. The van der Waals surface area contributed by atoms with E-state index in [0.29, 0.717) is 18.9 Å². The topological polar surface area (TPSA) is 84.3 Å². The van der Waals surface area contributed by atoms with Crippen LogP contribution in [0.2, 0.25) is 0 Å². The zero-order valence-corrected chi connectivity index (χ0v) is 14.7. The van der Waals surface area contributed by atoms with Crippen molar-refractivity contribution in [1.29, 1.82) is 0 Å². The quantitative estimate of drug-likeness (QED) is 0.865. The second-order valence-electron chi connectivity index (χ2n) is 5.62. The highest BCUT2D eigenvalue weighted by Crippen LogP contribution is 2.07. The SMILES string of the molecule is CCN(CC)C(=O)Cn1cc(C(=O)Nc2ccc(C)cn2)ccc1=O. The first-order chi connectivity index (χ1) is 11.9. The maximum absolute atomic E-state index is 12.3. The van der Waals surface area contributed by atoms with Crippen LogP contribution in [-0.2, 0) is 11.3 Å². The Morgan fingerprint density at radius 1 is 1.16 bits per heavy atom. The Labute approximate surface area is 146 Å². The van der Waals surface area contributed by atoms with E-state index in [0.717, 1.165) is 5.56 Å². The molecule has 2 aromatic heterocycles. The van der Waals surface area contributed by atoms with E-state index < -0.39 is 0 Å². The molecule has 0 aliphatic rings. The largest absolute Gasteiger partial charge is 0.342 e. The second-order valence-corrected chi connectivity index (χ2v) is 5.62. The molecule has 132 valence electrons. The number of aromatic nitrogens is 2. The average molecular weight is 342 g/mol. The van der Waals surface area contributed by atoms with Crippen molar-refractivity contribution in [1.82, 2.24) is 14.5 Å². The molecule has 0 aliphatic carbocycles. The number of amides is 2. The van der Waals surface area contributed by atoms with Crippen molar-refractivity contribution >= 4 is 17.6 Å². The normalized spacial score (nSPS) is 10.4. The van der Waals surface area contributed by atoms with Gasteiger partial charge in [0, 0.05) is 31.5 Å². The molecule has 0 bridgehead atoms.